The van der Waals surface area contributed by atoms with E-state index in [2.05, 4.69) is 23.0 Å². The Morgan fingerprint density at radius 2 is 2.24 bits per heavy atom. The fraction of sp³-hybridized carbons (Fsp3) is 0.700. The number of nitrogens with zero attached hydrogens (tertiary/aromatic N) is 3. The summed E-state index contributed by atoms with van der Waals surface area (Å²) in [6.07, 6.45) is 4.91. The minimum atomic E-state index is -0.327. The van der Waals surface area contributed by atoms with Crippen molar-refractivity contribution in [3.63, 3.8) is 0 Å². The number of carbonyl (C=O) groups excluding carboxylic acids is 1. The van der Waals surface area contributed by atoms with Crippen molar-refractivity contribution < 1.29 is 9.53 Å². The number of likely N-dealkylation sites (tertiary alicyclic amines) is 1. The van der Waals surface area contributed by atoms with Gasteiger partial charge in [-0.3, -0.25) is 14.7 Å². The zero-order valence-electron chi connectivity index (χ0n) is 16.0. The van der Waals surface area contributed by atoms with Gasteiger partial charge in [-0.05, 0) is 38.4 Å². The quantitative estimate of drug-likeness (QED) is 0.845. The highest BCUT2D eigenvalue weighted by Crippen LogP contribution is 2.37. The Labute approximate surface area is 151 Å². The van der Waals surface area contributed by atoms with E-state index >= 15 is 0 Å². The van der Waals surface area contributed by atoms with Crippen LogP contribution in [0.5, 0.6) is 0 Å². The van der Waals surface area contributed by atoms with Crippen molar-refractivity contribution in [3.05, 3.63) is 30.1 Å². The van der Waals surface area contributed by atoms with Crippen molar-refractivity contribution in [3.8, 4) is 0 Å². The third-order valence-corrected chi connectivity index (χ3v) is 5.42. The second-order valence-electron chi connectivity index (χ2n) is 8.67. The van der Waals surface area contributed by atoms with Crippen molar-refractivity contribution in [1.29, 1.82) is 0 Å². The largest absolute Gasteiger partial charge is 0.371 e. The Balaban J connectivity index is 1.62. The summed E-state index contributed by atoms with van der Waals surface area (Å²) in [6.45, 7) is 9.14. The minimum absolute atomic E-state index is 0.164. The summed E-state index contributed by atoms with van der Waals surface area (Å²) in [5.41, 5.74) is 0.591. The summed E-state index contributed by atoms with van der Waals surface area (Å²) >= 11 is 0. The first kappa shape index (κ1) is 18.3. The maximum Gasteiger partial charge on any atom is 0.228 e. The van der Waals surface area contributed by atoms with Crippen LogP contribution in [0.25, 0.3) is 0 Å². The van der Waals surface area contributed by atoms with Crippen LogP contribution in [0, 0.1) is 5.41 Å². The molecule has 2 unspecified atom stereocenters. The average molecular weight is 345 g/mol. The Morgan fingerprint density at radius 3 is 2.92 bits per heavy atom. The van der Waals surface area contributed by atoms with E-state index in [0.29, 0.717) is 6.04 Å². The average Bonchev–Trinajstić information content (AvgIpc) is 2.98. The van der Waals surface area contributed by atoms with Gasteiger partial charge in [0.2, 0.25) is 5.91 Å². The normalized spacial score (nSPS) is 27.2. The third kappa shape index (κ3) is 4.21. The maximum atomic E-state index is 12.7. The molecule has 1 amide bonds. The molecule has 0 N–H and O–H groups in total. The van der Waals surface area contributed by atoms with Crippen LogP contribution in [-0.4, -0.2) is 59.1 Å². The number of rotatable bonds is 3. The molecule has 0 saturated carbocycles. The molecule has 5 heteroatoms. The number of amides is 1. The minimum Gasteiger partial charge on any atom is -0.371 e. The Morgan fingerprint density at radius 1 is 1.44 bits per heavy atom. The summed E-state index contributed by atoms with van der Waals surface area (Å²) in [7, 11) is 2.14. The molecule has 25 heavy (non-hydrogen) atoms. The molecular weight excluding hydrogens is 314 g/mol. The maximum absolute atomic E-state index is 12.7. The first-order chi connectivity index (χ1) is 11.8. The van der Waals surface area contributed by atoms with Gasteiger partial charge in [0.25, 0.3) is 0 Å². The number of piperidine rings is 1. The molecule has 2 aliphatic rings. The van der Waals surface area contributed by atoms with Gasteiger partial charge in [0.1, 0.15) is 0 Å². The van der Waals surface area contributed by atoms with Gasteiger partial charge in [-0.2, -0.15) is 0 Å². The predicted molar refractivity (Wildman–Crippen MR) is 98.1 cm³/mol. The van der Waals surface area contributed by atoms with Crippen molar-refractivity contribution in [2.75, 3.05) is 26.7 Å². The van der Waals surface area contributed by atoms with E-state index in [9.17, 15) is 4.79 Å². The lowest BCUT2D eigenvalue weighted by Gasteiger charge is -2.42. The van der Waals surface area contributed by atoms with Gasteiger partial charge in [-0.1, -0.05) is 26.8 Å². The molecule has 0 radical (unpaired) electrons. The van der Waals surface area contributed by atoms with Crippen molar-refractivity contribution >= 4 is 5.91 Å². The molecule has 1 aromatic rings. The molecule has 138 valence electrons. The highest BCUT2D eigenvalue weighted by atomic mass is 16.5. The fourth-order valence-electron chi connectivity index (χ4n) is 4.01. The van der Waals surface area contributed by atoms with E-state index in [4.69, 9.17) is 4.74 Å². The zero-order chi connectivity index (χ0) is 18.1. The van der Waals surface area contributed by atoms with E-state index in [0.717, 1.165) is 51.2 Å². The van der Waals surface area contributed by atoms with E-state index < -0.39 is 0 Å². The highest BCUT2D eigenvalue weighted by molar-refractivity contribution is 5.81. The van der Waals surface area contributed by atoms with Crippen molar-refractivity contribution in [2.24, 2.45) is 5.41 Å². The molecule has 2 aliphatic heterocycles. The second-order valence-corrected chi connectivity index (χ2v) is 8.67. The first-order valence-electron chi connectivity index (χ1n) is 9.33. The van der Waals surface area contributed by atoms with Gasteiger partial charge in [-0.25, -0.2) is 0 Å². The molecule has 3 heterocycles. The number of carbonyl (C=O) groups is 1. The molecule has 0 aliphatic carbocycles. The van der Waals surface area contributed by atoms with Crippen LogP contribution >= 0.6 is 0 Å². The highest BCUT2D eigenvalue weighted by Gasteiger charge is 2.46. The van der Waals surface area contributed by atoms with Gasteiger partial charge in [0, 0.05) is 37.3 Å². The molecule has 1 aromatic heterocycles. The SMILES string of the molecule is CN(Cc1ccccn1)C1COC2(CCCN(C(=O)C(C)(C)C)C2)C1. The topological polar surface area (TPSA) is 45.7 Å². The smallest absolute Gasteiger partial charge is 0.228 e. The molecule has 2 fully saturated rings. The molecule has 5 nitrogen and oxygen atoms in total. The van der Waals surface area contributed by atoms with E-state index in [1.54, 1.807) is 0 Å². The molecule has 2 atom stereocenters. The van der Waals surface area contributed by atoms with Crippen LogP contribution in [0.2, 0.25) is 0 Å². The van der Waals surface area contributed by atoms with Gasteiger partial charge < -0.3 is 9.64 Å². The lowest BCUT2D eigenvalue weighted by Crippen LogP contribution is -2.53. The summed E-state index contributed by atoms with van der Waals surface area (Å²) < 4.78 is 6.29. The molecule has 3 rings (SSSR count). The summed E-state index contributed by atoms with van der Waals surface area (Å²) in [5.74, 6) is 0.237. The molecule has 1 spiro atoms. The Hall–Kier alpha value is -1.46. The Kier molecular flexibility index (Phi) is 5.16. The van der Waals surface area contributed by atoms with Gasteiger partial charge in [0.05, 0.1) is 17.9 Å². The standard InChI is InChI=1S/C20H31N3O2/c1-19(2,3)18(24)23-11-7-9-20(15-23)12-17(14-25-20)22(4)13-16-8-5-6-10-21-16/h5-6,8,10,17H,7,9,11-15H2,1-4H3. The number of hydrogen-bond acceptors (Lipinski definition) is 4. The van der Waals surface area contributed by atoms with Crippen LogP contribution in [0.1, 0.15) is 45.7 Å². The van der Waals surface area contributed by atoms with Gasteiger partial charge in [0.15, 0.2) is 0 Å². The molecule has 2 saturated heterocycles. The lowest BCUT2D eigenvalue weighted by atomic mass is 9.86. The summed E-state index contributed by atoms with van der Waals surface area (Å²) in [5, 5.41) is 0. The number of likely N-dealkylation sites (N-methyl/N-ethyl adjacent to an activating group) is 1. The van der Waals surface area contributed by atoms with Crippen LogP contribution in [0.15, 0.2) is 24.4 Å². The van der Waals surface area contributed by atoms with Crippen molar-refractivity contribution in [2.45, 2.75) is 58.2 Å². The van der Waals surface area contributed by atoms with Crippen molar-refractivity contribution in [1.82, 2.24) is 14.8 Å². The third-order valence-electron chi connectivity index (χ3n) is 5.42. The van der Waals surface area contributed by atoms with Crippen LogP contribution in [0.3, 0.4) is 0 Å². The predicted octanol–water partition coefficient (Wildman–Crippen LogP) is 2.71. The fourth-order valence-corrected chi connectivity index (χ4v) is 4.01. The van der Waals surface area contributed by atoms with E-state index in [-0.39, 0.29) is 16.9 Å². The summed E-state index contributed by atoms with van der Waals surface area (Å²) in [6, 6.07) is 6.42. The molecular formula is C20H31N3O2. The summed E-state index contributed by atoms with van der Waals surface area (Å²) in [4.78, 5) is 21.4. The molecule has 0 bridgehead atoms. The second kappa shape index (κ2) is 7.04. The van der Waals surface area contributed by atoms with Gasteiger partial charge >= 0.3 is 0 Å². The number of pyridine rings is 1. The van der Waals surface area contributed by atoms with Crippen LogP contribution in [-0.2, 0) is 16.1 Å². The number of ether oxygens (including phenoxy) is 1. The van der Waals surface area contributed by atoms with E-state index in [1.807, 2.05) is 44.0 Å². The number of aromatic nitrogens is 1. The first-order valence-corrected chi connectivity index (χ1v) is 9.33. The van der Waals surface area contributed by atoms with E-state index in [1.165, 1.54) is 0 Å². The van der Waals surface area contributed by atoms with Gasteiger partial charge in [-0.15, -0.1) is 0 Å². The zero-order valence-corrected chi connectivity index (χ0v) is 16.0. The van der Waals surface area contributed by atoms with Crippen LogP contribution < -0.4 is 0 Å². The number of hydrogen-bond donors (Lipinski definition) is 0. The lowest BCUT2D eigenvalue weighted by molar-refractivity contribution is -0.147. The monoisotopic (exact) mass is 345 g/mol. The molecule has 0 aromatic carbocycles. The Bertz CT molecular complexity index is 599. The van der Waals surface area contributed by atoms with Crippen LogP contribution in [0.4, 0.5) is 0 Å².